The molecule has 1 unspecified atom stereocenters. The van der Waals surface area contributed by atoms with Gasteiger partial charge >= 0.3 is 0 Å². The maximum atomic E-state index is 3.57. The summed E-state index contributed by atoms with van der Waals surface area (Å²) in [6, 6.07) is 2.12. The van der Waals surface area contributed by atoms with Gasteiger partial charge in [0.25, 0.3) is 0 Å². The minimum absolute atomic E-state index is 0.831. The Labute approximate surface area is 110 Å². The van der Waals surface area contributed by atoms with E-state index < -0.39 is 0 Å². The molecule has 0 bridgehead atoms. The molecular weight excluding hydrogens is 284 g/mol. The van der Waals surface area contributed by atoms with E-state index in [1.807, 2.05) is 11.3 Å². The summed E-state index contributed by atoms with van der Waals surface area (Å²) < 4.78 is 1.24. The lowest BCUT2D eigenvalue weighted by molar-refractivity contribution is 0.206. The van der Waals surface area contributed by atoms with Gasteiger partial charge in [0.1, 0.15) is 0 Å². The number of thiophene rings is 1. The summed E-state index contributed by atoms with van der Waals surface area (Å²) in [6.07, 6.45) is 2.73. The van der Waals surface area contributed by atoms with Gasteiger partial charge < -0.3 is 10.2 Å². The molecule has 2 heterocycles. The van der Waals surface area contributed by atoms with Crippen molar-refractivity contribution in [3.8, 4) is 0 Å². The highest BCUT2D eigenvalue weighted by molar-refractivity contribution is 9.10. The van der Waals surface area contributed by atoms with Crippen molar-refractivity contribution in [1.82, 2.24) is 10.2 Å². The maximum absolute atomic E-state index is 3.57. The summed E-state index contributed by atoms with van der Waals surface area (Å²) in [5.74, 6) is 0.831. The normalized spacial score (nSPS) is 22.5. The molecular formula is C12H19BrN2S. The summed E-state index contributed by atoms with van der Waals surface area (Å²) in [5, 5.41) is 5.71. The van der Waals surface area contributed by atoms with Crippen LogP contribution in [0.25, 0.3) is 0 Å². The second-order valence-corrected chi connectivity index (χ2v) is 6.45. The Balaban J connectivity index is 1.70. The number of rotatable bonds is 4. The minimum Gasteiger partial charge on any atom is -0.311 e. The predicted molar refractivity (Wildman–Crippen MR) is 73.9 cm³/mol. The number of piperidine rings is 1. The SMILES string of the molecule is CN1CCCC(CNCc2sccc2Br)C1. The van der Waals surface area contributed by atoms with Gasteiger partial charge in [0, 0.05) is 22.4 Å². The molecule has 1 atom stereocenters. The lowest BCUT2D eigenvalue weighted by Gasteiger charge is -2.29. The molecule has 16 heavy (non-hydrogen) atoms. The lowest BCUT2D eigenvalue weighted by Crippen LogP contribution is -2.37. The standard InChI is InChI=1S/C12H19BrN2S/c1-15-5-2-3-10(9-15)7-14-8-12-11(13)4-6-16-12/h4,6,10,14H,2-3,5,7-9H2,1H3. The fraction of sp³-hybridized carbons (Fsp3) is 0.667. The Morgan fingerprint density at radius 1 is 1.62 bits per heavy atom. The third-order valence-corrected chi connectivity index (χ3v) is 5.06. The summed E-state index contributed by atoms with van der Waals surface area (Å²) in [5.41, 5.74) is 0. The first kappa shape index (κ1) is 12.6. The van der Waals surface area contributed by atoms with E-state index in [0.29, 0.717) is 0 Å². The molecule has 1 N–H and O–H groups in total. The number of halogens is 1. The zero-order valence-electron chi connectivity index (χ0n) is 9.71. The fourth-order valence-electron chi connectivity index (χ4n) is 2.28. The minimum atomic E-state index is 0.831. The van der Waals surface area contributed by atoms with E-state index in [4.69, 9.17) is 0 Å². The van der Waals surface area contributed by atoms with Gasteiger partial charge in [-0.2, -0.15) is 0 Å². The van der Waals surface area contributed by atoms with Crippen LogP contribution in [0.5, 0.6) is 0 Å². The summed E-state index contributed by atoms with van der Waals surface area (Å²) in [6.45, 7) is 4.67. The number of nitrogens with zero attached hydrogens (tertiary/aromatic N) is 1. The van der Waals surface area contributed by atoms with Crippen LogP contribution in [0.4, 0.5) is 0 Å². The van der Waals surface area contributed by atoms with Gasteiger partial charge in [-0.15, -0.1) is 11.3 Å². The molecule has 1 aromatic rings. The van der Waals surface area contributed by atoms with Crippen LogP contribution in [0.15, 0.2) is 15.9 Å². The van der Waals surface area contributed by atoms with Crippen LogP contribution < -0.4 is 5.32 Å². The summed E-state index contributed by atoms with van der Waals surface area (Å²) >= 11 is 5.38. The van der Waals surface area contributed by atoms with E-state index in [0.717, 1.165) is 19.0 Å². The summed E-state index contributed by atoms with van der Waals surface area (Å²) in [4.78, 5) is 3.85. The second kappa shape index (κ2) is 6.15. The smallest absolute Gasteiger partial charge is 0.0327 e. The van der Waals surface area contributed by atoms with Crippen molar-refractivity contribution in [2.24, 2.45) is 5.92 Å². The predicted octanol–water partition coefficient (Wildman–Crippen LogP) is 2.94. The van der Waals surface area contributed by atoms with Gasteiger partial charge in [0.2, 0.25) is 0 Å². The van der Waals surface area contributed by atoms with Crippen molar-refractivity contribution in [2.45, 2.75) is 19.4 Å². The van der Waals surface area contributed by atoms with Crippen LogP contribution in [-0.2, 0) is 6.54 Å². The molecule has 0 spiro atoms. The summed E-state index contributed by atoms with van der Waals surface area (Å²) in [7, 11) is 2.22. The van der Waals surface area contributed by atoms with Crippen molar-refractivity contribution >= 4 is 27.3 Å². The first-order chi connectivity index (χ1) is 7.75. The van der Waals surface area contributed by atoms with Crippen molar-refractivity contribution in [3.63, 3.8) is 0 Å². The molecule has 90 valence electrons. The Hall–Kier alpha value is 0.100. The lowest BCUT2D eigenvalue weighted by atomic mass is 9.98. The second-order valence-electron chi connectivity index (χ2n) is 4.59. The van der Waals surface area contributed by atoms with Crippen LogP contribution in [0.3, 0.4) is 0 Å². The molecule has 1 aromatic heterocycles. The van der Waals surface area contributed by atoms with Gasteiger partial charge in [-0.1, -0.05) is 0 Å². The van der Waals surface area contributed by atoms with Crippen molar-refractivity contribution < 1.29 is 0 Å². The molecule has 1 aliphatic heterocycles. The van der Waals surface area contributed by atoms with Crippen molar-refractivity contribution in [1.29, 1.82) is 0 Å². The monoisotopic (exact) mass is 302 g/mol. The molecule has 0 amide bonds. The van der Waals surface area contributed by atoms with E-state index in [1.54, 1.807) is 0 Å². The van der Waals surface area contributed by atoms with Crippen LogP contribution in [0.1, 0.15) is 17.7 Å². The maximum Gasteiger partial charge on any atom is 0.0327 e. The zero-order chi connectivity index (χ0) is 11.4. The zero-order valence-corrected chi connectivity index (χ0v) is 12.1. The largest absolute Gasteiger partial charge is 0.311 e. The quantitative estimate of drug-likeness (QED) is 0.920. The van der Waals surface area contributed by atoms with E-state index in [-0.39, 0.29) is 0 Å². The molecule has 1 aliphatic rings. The van der Waals surface area contributed by atoms with E-state index in [9.17, 15) is 0 Å². The molecule has 0 aliphatic carbocycles. The molecule has 2 nitrogen and oxygen atoms in total. The van der Waals surface area contributed by atoms with Gasteiger partial charge in [-0.25, -0.2) is 0 Å². The first-order valence-corrected chi connectivity index (χ1v) is 7.54. The Bertz CT molecular complexity index is 327. The highest BCUT2D eigenvalue weighted by Crippen LogP contribution is 2.22. The topological polar surface area (TPSA) is 15.3 Å². The Morgan fingerprint density at radius 2 is 2.50 bits per heavy atom. The van der Waals surface area contributed by atoms with E-state index in [2.05, 4.69) is 44.6 Å². The number of nitrogens with one attached hydrogen (secondary N) is 1. The molecule has 0 saturated carbocycles. The average Bonchev–Trinajstić information content (AvgIpc) is 2.65. The first-order valence-electron chi connectivity index (χ1n) is 5.87. The highest BCUT2D eigenvalue weighted by atomic mass is 79.9. The molecule has 2 rings (SSSR count). The van der Waals surface area contributed by atoms with Gasteiger partial charge in [-0.3, -0.25) is 0 Å². The van der Waals surface area contributed by atoms with Crippen molar-refractivity contribution in [2.75, 3.05) is 26.7 Å². The molecule has 1 saturated heterocycles. The fourth-order valence-corrected chi connectivity index (χ4v) is 3.74. The van der Waals surface area contributed by atoms with Crippen LogP contribution >= 0.6 is 27.3 Å². The molecule has 4 heteroatoms. The molecule has 1 fully saturated rings. The molecule has 0 aromatic carbocycles. The van der Waals surface area contributed by atoms with E-state index >= 15 is 0 Å². The Morgan fingerprint density at radius 3 is 3.19 bits per heavy atom. The average molecular weight is 303 g/mol. The Kier molecular flexibility index (Phi) is 4.82. The van der Waals surface area contributed by atoms with Gasteiger partial charge in [0.15, 0.2) is 0 Å². The number of hydrogen-bond acceptors (Lipinski definition) is 3. The third kappa shape index (κ3) is 3.55. The van der Waals surface area contributed by atoms with Crippen LogP contribution in [-0.4, -0.2) is 31.6 Å². The van der Waals surface area contributed by atoms with Crippen molar-refractivity contribution in [3.05, 3.63) is 20.8 Å². The van der Waals surface area contributed by atoms with Gasteiger partial charge in [-0.05, 0) is 66.3 Å². The van der Waals surface area contributed by atoms with Crippen LogP contribution in [0, 0.1) is 5.92 Å². The van der Waals surface area contributed by atoms with Gasteiger partial charge in [0.05, 0.1) is 0 Å². The number of likely N-dealkylation sites (tertiary alicyclic amines) is 1. The number of hydrogen-bond donors (Lipinski definition) is 1. The van der Waals surface area contributed by atoms with E-state index in [1.165, 1.54) is 35.3 Å². The van der Waals surface area contributed by atoms with Crippen LogP contribution in [0.2, 0.25) is 0 Å². The molecule has 0 radical (unpaired) electrons. The highest BCUT2D eigenvalue weighted by Gasteiger charge is 2.16. The third-order valence-electron chi connectivity index (χ3n) is 3.13.